The lowest BCUT2D eigenvalue weighted by Crippen LogP contribution is -2.12. The maximum absolute atomic E-state index is 12.4. The van der Waals surface area contributed by atoms with E-state index < -0.39 is 0 Å². The third kappa shape index (κ3) is 3.62. The van der Waals surface area contributed by atoms with Crippen molar-refractivity contribution in [1.29, 1.82) is 0 Å². The van der Waals surface area contributed by atoms with Crippen LogP contribution in [0, 0.1) is 6.92 Å². The summed E-state index contributed by atoms with van der Waals surface area (Å²) in [5, 5.41) is 11.1. The number of carbonyl (C=O) groups is 1. The highest BCUT2D eigenvalue weighted by Gasteiger charge is 2.18. The number of carbonyl (C=O) groups excluding carboxylic acids is 1. The zero-order chi connectivity index (χ0) is 20.5. The van der Waals surface area contributed by atoms with E-state index in [4.69, 9.17) is 4.42 Å². The largest absolute Gasteiger partial charge is 0.421 e. The predicted molar refractivity (Wildman–Crippen MR) is 116 cm³/mol. The molecule has 4 aromatic rings. The van der Waals surface area contributed by atoms with Crippen LogP contribution in [0.15, 0.2) is 71.1 Å². The first kappa shape index (κ1) is 18.3. The number of hydrogen-bond acceptors (Lipinski definition) is 4. The quantitative estimate of drug-likeness (QED) is 0.445. The van der Waals surface area contributed by atoms with Crippen molar-refractivity contribution in [2.75, 3.05) is 5.32 Å². The molecule has 0 saturated heterocycles. The van der Waals surface area contributed by atoms with E-state index in [1.54, 1.807) is 0 Å². The molecule has 1 aromatic heterocycles. The molecule has 1 aliphatic carbocycles. The number of benzene rings is 3. The Balaban J connectivity index is 1.22. The molecule has 30 heavy (non-hydrogen) atoms. The van der Waals surface area contributed by atoms with Crippen molar-refractivity contribution >= 4 is 11.6 Å². The van der Waals surface area contributed by atoms with Gasteiger partial charge in [-0.3, -0.25) is 4.79 Å². The van der Waals surface area contributed by atoms with E-state index in [1.165, 1.54) is 27.8 Å². The number of aryl methyl sites for hydroxylation is 2. The molecule has 0 fully saturated rings. The van der Waals surface area contributed by atoms with E-state index in [0.29, 0.717) is 18.2 Å². The lowest BCUT2D eigenvalue weighted by Gasteiger charge is -2.07. The molecule has 148 valence electrons. The fourth-order valence-electron chi connectivity index (χ4n) is 3.81. The maximum Gasteiger partial charge on any atom is 0.247 e. The smallest absolute Gasteiger partial charge is 0.247 e. The Hall–Kier alpha value is -3.73. The minimum absolute atomic E-state index is 0.0729. The van der Waals surface area contributed by atoms with Crippen molar-refractivity contribution in [1.82, 2.24) is 10.2 Å². The monoisotopic (exact) mass is 395 g/mol. The molecular weight excluding hydrogens is 374 g/mol. The summed E-state index contributed by atoms with van der Waals surface area (Å²) in [6, 6.07) is 22.4. The van der Waals surface area contributed by atoms with Gasteiger partial charge in [-0.05, 0) is 59.9 Å². The summed E-state index contributed by atoms with van der Waals surface area (Å²) in [6.07, 6.45) is 1.63. The van der Waals surface area contributed by atoms with Gasteiger partial charge in [-0.15, -0.1) is 10.2 Å². The Bertz CT molecular complexity index is 1230. The van der Waals surface area contributed by atoms with Crippen LogP contribution >= 0.6 is 0 Å². The molecule has 1 amide bonds. The Morgan fingerprint density at radius 1 is 0.967 bits per heavy atom. The second-order valence-electron chi connectivity index (χ2n) is 7.62. The van der Waals surface area contributed by atoms with Gasteiger partial charge < -0.3 is 9.73 Å². The molecule has 0 spiro atoms. The summed E-state index contributed by atoms with van der Waals surface area (Å²) >= 11 is 0. The van der Waals surface area contributed by atoms with Crippen molar-refractivity contribution in [2.24, 2.45) is 0 Å². The van der Waals surface area contributed by atoms with Gasteiger partial charge in [-0.2, -0.15) is 0 Å². The van der Waals surface area contributed by atoms with Crippen LogP contribution in [-0.4, -0.2) is 16.1 Å². The van der Waals surface area contributed by atoms with Crippen LogP contribution in [0.3, 0.4) is 0 Å². The van der Waals surface area contributed by atoms with Crippen LogP contribution in [0.2, 0.25) is 0 Å². The number of rotatable bonds is 5. The van der Waals surface area contributed by atoms with Gasteiger partial charge in [0.15, 0.2) is 0 Å². The second-order valence-corrected chi connectivity index (χ2v) is 7.62. The van der Waals surface area contributed by atoms with E-state index in [0.717, 1.165) is 17.7 Å². The summed E-state index contributed by atoms with van der Waals surface area (Å²) in [5.74, 6) is 0.864. The highest BCUT2D eigenvalue weighted by atomic mass is 16.4. The summed E-state index contributed by atoms with van der Waals surface area (Å²) < 4.78 is 5.71. The zero-order valence-corrected chi connectivity index (χ0v) is 16.7. The molecule has 0 unspecified atom stereocenters. The number of anilines is 1. The predicted octanol–water partition coefficient (Wildman–Crippen LogP) is 5.19. The van der Waals surface area contributed by atoms with Crippen molar-refractivity contribution in [3.8, 4) is 22.6 Å². The second kappa shape index (κ2) is 7.59. The first-order valence-electron chi connectivity index (χ1n) is 10.1. The van der Waals surface area contributed by atoms with E-state index in [1.807, 2.05) is 37.3 Å². The molecule has 5 rings (SSSR count). The average Bonchev–Trinajstić information content (AvgIpc) is 3.37. The van der Waals surface area contributed by atoms with Crippen molar-refractivity contribution in [3.05, 3.63) is 89.3 Å². The summed E-state index contributed by atoms with van der Waals surface area (Å²) in [4.78, 5) is 12.4. The molecule has 1 N–H and O–H groups in total. The zero-order valence-electron chi connectivity index (χ0n) is 16.7. The lowest BCUT2D eigenvalue weighted by atomic mass is 10.1. The third-order valence-electron chi connectivity index (χ3n) is 5.41. The van der Waals surface area contributed by atoms with Crippen LogP contribution in [0.25, 0.3) is 22.6 Å². The molecule has 5 heteroatoms. The highest BCUT2D eigenvalue weighted by molar-refractivity contribution is 5.92. The minimum Gasteiger partial charge on any atom is -0.421 e. The summed E-state index contributed by atoms with van der Waals surface area (Å²) in [7, 11) is 0. The van der Waals surface area contributed by atoms with Gasteiger partial charge in [0.25, 0.3) is 0 Å². The van der Waals surface area contributed by atoms with Gasteiger partial charge >= 0.3 is 0 Å². The fraction of sp³-hybridized carbons (Fsp3) is 0.160. The molecule has 0 atom stereocenters. The van der Waals surface area contributed by atoms with Crippen LogP contribution in [-0.2, 0) is 17.6 Å². The van der Waals surface area contributed by atoms with Crippen LogP contribution < -0.4 is 5.32 Å². The molecule has 0 radical (unpaired) electrons. The van der Waals surface area contributed by atoms with Gasteiger partial charge in [0.05, 0.1) is 0 Å². The molecule has 5 nitrogen and oxygen atoms in total. The Kier molecular flexibility index (Phi) is 4.64. The Morgan fingerprint density at radius 2 is 1.77 bits per heavy atom. The van der Waals surface area contributed by atoms with Crippen LogP contribution in [0.5, 0.6) is 0 Å². The number of nitrogens with one attached hydrogen (secondary N) is 1. The highest BCUT2D eigenvalue weighted by Crippen LogP contribution is 2.37. The van der Waals surface area contributed by atoms with Crippen molar-refractivity contribution < 1.29 is 9.21 Å². The van der Waals surface area contributed by atoms with Gasteiger partial charge in [-0.1, -0.05) is 48.0 Å². The van der Waals surface area contributed by atoms with E-state index in [9.17, 15) is 4.79 Å². The minimum atomic E-state index is -0.0729. The van der Waals surface area contributed by atoms with Crippen molar-refractivity contribution in [3.63, 3.8) is 0 Å². The Labute approximate surface area is 174 Å². The van der Waals surface area contributed by atoms with Gasteiger partial charge in [-0.25, -0.2) is 0 Å². The van der Waals surface area contributed by atoms with E-state index >= 15 is 0 Å². The molecule has 1 aliphatic rings. The Morgan fingerprint density at radius 3 is 2.63 bits per heavy atom. The van der Waals surface area contributed by atoms with Gasteiger partial charge in [0.1, 0.15) is 0 Å². The normalized spacial score (nSPS) is 11.8. The number of fused-ring (bicyclic) bond motifs is 3. The first-order chi connectivity index (χ1) is 14.7. The van der Waals surface area contributed by atoms with Crippen LogP contribution in [0.4, 0.5) is 5.69 Å². The lowest BCUT2D eigenvalue weighted by molar-refractivity contribution is -0.116. The molecule has 0 aliphatic heterocycles. The fourth-order valence-corrected chi connectivity index (χ4v) is 3.81. The molecule has 3 aromatic carbocycles. The van der Waals surface area contributed by atoms with Gasteiger partial charge in [0, 0.05) is 24.1 Å². The first-order valence-corrected chi connectivity index (χ1v) is 10.1. The summed E-state index contributed by atoms with van der Waals surface area (Å²) in [5.41, 5.74) is 7.93. The average molecular weight is 395 g/mol. The SMILES string of the molecule is Cc1ccc(-c2nnc(CCC(=O)Nc3ccc4c(c3)-c3ccccc3C4)o2)cc1. The maximum atomic E-state index is 12.4. The molecule has 1 heterocycles. The molecule has 0 saturated carbocycles. The standard InChI is InChI=1S/C25H21N3O2/c1-16-6-8-17(9-7-16)25-28-27-24(30-25)13-12-23(29)26-20-11-10-19-14-18-4-2-3-5-21(18)22(19)15-20/h2-11,15H,12-14H2,1H3,(H,26,29). The topological polar surface area (TPSA) is 68.0 Å². The van der Waals surface area contributed by atoms with Crippen LogP contribution in [0.1, 0.15) is 29.0 Å². The third-order valence-corrected chi connectivity index (χ3v) is 5.41. The van der Waals surface area contributed by atoms with E-state index in [2.05, 4.69) is 51.9 Å². The molecule has 0 bridgehead atoms. The van der Waals surface area contributed by atoms with Crippen molar-refractivity contribution in [2.45, 2.75) is 26.2 Å². The molecular formula is C25H21N3O2. The number of aromatic nitrogens is 2. The van der Waals surface area contributed by atoms with Gasteiger partial charge in [0.2, 0.25) is 17.7 Å². The summed E-state index contributed by atoms with van der Waals surface area (Å²) in [6.45, 7) is 2.03. The number of hydrogen-bond donors (Lipinski definition) is 1. The number of amides is 1. The number of nitrogens with zero attached hydrogens (tertiary/aromatic N) is 2. The van der Waals surface area contributed by atoms with E-state index in [-0.39, 0.29) is 12.3 Å².